The second-order valence-corrected chi connectivity index (χ2v) is 10.0. The number of hydrogen-bond donors (Lipinski definition) is 4. The molecule has 9 nitrogen and oxygen atoms in total. The highest BCUT2D eigenvalue weighted by atomic mass is 16.6. The van der Waals surface area contributed by atoms with Gasteiger partial charge in [0.15, 0.2) is 0 Å². The number of aliphatic hydroxyl groups excluding tert-OH is 1. The topological polar surface area (TPSA) is 128 Å². The van der Waals surface area contributed by atoms with Gasteiger partial charge in [0.2, 0.25) is 11.8 Å². The van der Waals surface area contributed by atoms with E-state index in [-0.39, 0.29) is 12.3 Å². The Balaban J connectivity index is 3.40. The Morgan fingerprint density at radius 3 is 2.28 bits per heavy atom. The lowest BCUT2D eigenvalue weighted by atomic mass is 9.98. The summed E-state index contributed by atoms with van der Waals surface area (Å²) in [6.07, 6.45) is 4.21. The van der Waals surface area contributed by atoms with Crippen molar-refractivity contribution < 1.29 is 29.3 Å². The molecule has 0 aliphatic carbocycles. The van der Waals surface area contributed by atoms with E-state index in [0.29, 0.717) is 24.1 Å². The van der Waals surface area contributed by atoms with Gasteiger partial charge >= 0.3 is 6.09 Å². The molecule has 0 aromatic heterocycles. The second kappa shape index (κ2) is 15.3. The van der Waals surface area contributed by atoms with Gasteiger partial charge in [-0.2, -0.15) is 0 Å². The van der Waals surface area contributed by atoms with E-state index in [1.54, 1.807) is 45.9 Å². The number of phenols is 1. The number of carbonyl (C=O) groups excluding carboxylic acids is 3. The predicted molar refractivity (Wildman–Crippen MR) is 140 cm³/mol. The molecular weight excluding hydrogens is 462 g/mol. The van der Waals surface area contributed by atoms with E-state index >= 15 is 0 Å². The fourth-order valence-electron chi connectivity index (χ4n) is 3.77. The number of benzene rings is 1. The van der Waals surface area contributed by atoms with Crippen LogP contribution in [0.25, 0.3) is 0 Å². The van der Waals surface area contributed by atoms with Gasteiger partial charge in [0.1, 0.15) is 23.4 Å². The number of phenolic OH excluding ortho intramolecular Hbond substituents is 1. The first-order valence-electron chi connectivity index (χ1n) is 12.9. The highest BCUT2D eigenvalue weighted by molar-refractivity contribution is 5.92. The minimum atomic E-state index is -1.32. The molecular formula is C27H45N3O6. The number of aryl methyl sites for hydroxylation is 1. The maximum Gasteiger partial charge on any atom is 0.408 e. The third-order valence-electron chi connectivity index (χ3n) is 5.66. The van der Waals surface area contributed by atoms with Crippen molar-refractivity contribution in [2.75, 3.05) is 19.7 Å². The lowest BCUT2D eigenvalue weighted by molar-refractivity contribution is -0.143. The van der Waals surface area contributed by atoms with Crippen molar-refractivity contribution in [3.05, 3.63) is 29.3 Å². The molecule has 4 N–H and O–H groups in total. The van der Waals surface area contributed by atoms with Crippen molar-refractivity contribution in [2.24, 2.45) is 0 Å². The summed E-state index contributed by atoms with van der Waals surface area (Å²) in [4.78, 5) is 40.9. The SMILES string of the molecule is CCCCCNC(=O)C(c1cccc(C)c1O)N(CCCCC)C(=O)C(CO)NC(=O)OC(C)(C)C. The van der Waals surface area contributed by atoms with Crippen LogP contribution in [-0.4, -0.2) is 64.4 Å². The molecule has 0 heterocycles. The van der Waals surface area contributed by atoms with Crippen LogP contribution in [0.5, 0.6) is 5.75 Å². The van der Waals surface area contributed by atoms with E-state index in [0.717, 1.165) is 32.1 Å². The van der Waals surface area contributed by atoms with E-state index in [1.807, 2.05) is 6.92 Å². The number of rotatable bonds is 14. The van der Waals surface area contributed by atoms with Gasteiger partial charge in [0.05, 0.1) is 6.61 Å². The number of alkyl carbamates (subject to hydrolysis) is 1. The van der Waals surface area contributed by atoms with E-state index in [1.165, 1.54) is 4.90 Å². The van der Waals surface area contributed by atoms with Crippen LogP contribution < -0.4 is 10.6 Å². The number of hydrogen-bond acceptors (Lipinski definition) is 6. The maximum atomic E-state index is 13.7. The zero-order chi connectivity index (χ0) is 27.3. The number of carbonyl (C=O) groups is 3. The Morgan fingerprint density at radius 2 is 1.69 bits per heavy atom. The van der Waals surface area contributed by atoms with Gasteiger partial charge in [-0.05, 0) is 46.1 Å². The maximum absolute atomic E-state index is 13.7. The quantitative estimate of drug-likeness (QED) is 0.282. The summed E-state index contributed by atoms with van der Waals surface area (Å²) < 4.78 is 5.25. The van der Waals surface area contributed by atoms with Crippen LogP contribution in [0.1, 0.15) is 90.3 Å². The Morgan fingerprint density at radius 1 is 1.06 bits per heavy atom. The molecule has 0 spiro atoms. The van der Waals surface area contributed by atoms with Crippen LogP contribution in [0.4, 0.5) is 4.79 Å². The number of nitrogens with one attached hydrogen (secondary N) is 2. The Bertz CT molecular complexity index is 852. The minimum Gasteiger partial charge on any atom is -0.507 e. The third kappa shape index (κ3) is 10.0. The number of ether oxygens (including phenoxy) is 1. The zero-order valence-corrected chi connectivity index (χ0v) is 22.7. The smallest absolute Gasteiger partial charge is 0.408 e. The fraction of sp³-hybridized carbons (Fsp3) is 0.667. The van der Waals surface area contributed by atoms with E-state index in [9.17, 15) is 24.6 Å². The van der Waals surface area contributed by atoms with Gasteiger partial charge in [-0.15, -0.1) is 0 Å². The molecule has 36 heavy (non-hydrogen) atoms. The summed E-state index contributed by atoms with van der Waals surface area (Å²) in [5.74, 6) is -1.12. The molecule has 0 aliphatic rings. The molecule has 1 rings (SSSR count). The average Bonchev–Trinajstić information content (AvgIpc) is 2.80. The molecule has 0 aliphatic heterocycles. The standard InChI is InChI=1S/C27H45N3O6/c1-7-9-11-16-28-24(33)22(20-15-13-14-19(3)23(20)32)30(17-12-10-8-2)25(34)21(18-31)29-26(35)36-27(4,5)6/h13-15,21-22,31-32H,7-12,16-18H2,1-6H3,(H,28,33)(H,29,35). The summed E-state index contributed by atoms with van der Waals surface area (Å²) in [6.45, 7) is 10.9. The summed E-state index contributed by atoms with van der Waals surface area (Å²) in [5.41, 5.74) is 0.0759. The molecule has 3 amide bonds. The number of unbranched alkanes of at least 4 members (excludes halogenated alkanes) is 4. The summed E-state index contributed by atoms with van der Waals surface area (Å²) in [6, 6.07) is 2.61. The predicted octanol–water partition coefficient (Wildman–Crippen LogP) is 3.95. The number of aromatic hydroxyl groups is 1. The van der Waals surface area contributed by atoms with Crippen LogP contribution in [-0.2, 0) is 14.3 Å². The van der Waals surface area contributed by atoms with Gasteiger partial charge < -0.3 is 30.5 Å². The Labute approximate surface area is 215 Å². The largest absolute Gasteiger partial charge is 0.507 e. The summed E-state index contributed by atoms with van der Waals surface area (Å²) >= 11 is 0. The third-order valence-corrected chi connectivity index (χ3v) is 5.66. The molecule has 0 saturated carbocycles. The van der Waals surface area contributed by atoms with Crippen molar-refractivity contribution in [3.63, 3.8) is 0 Å². The number of aliphatic hydroxyl groups is 1. The fourth-order valence-corrected chi connectivity index (χ4v) is 3.77. The van der Waals surface area contributed by atoms with Crippen molar-refractivity contribution in [1.82, 2.24) is 15.5 Å². The minimum absolute atomic E-state index is 0.0693. The molecule has 2 atom stereocenters. The van der Waals surface area contributed by atoms with Gasteiger partial charge in [-0.25, -0.2) is 4.79 Å². The summed E-state index contributed by atoms with van der Waals surface area (Å²) in [5, 5.41) is 26.2. The van der Waals surface area contributed by atoms with Crippen LogP contribution in [0.15, 0.2) is 18.2 Å². The van der Waals surface area contributed by atoms with Crippen molar-refractivity contribution >= 4 is 17.9 Å². The molecule has 0 saturated heterocycles. The van der Waals surface area contributed by atoms with E-state index < -0.39 is 42.2 Å². The summed E-state index contributed by atoms with van der Waals surface area (Å²) in [7, 11) is 0. The highest BCUT2D eigenvalue weighted by Gasteiger charge is 2.37. The highest BCUT2D eigenvalue weighted by Crippen LogP contribution is 2.32. The molecule has 2 unspecified atom stereocenters. The van der Waals surface area contributed by atoms with E-state index in [2.05, 4.69) is 17.6 Å². The normalized spacial score (nSPS) is 13.0. The van der Waals surface area contributed by atoms with Crippen LogP contribution in [0.3, 0.4) is 0 Å². The molecule has 0 bridgehead atoms. The lowest BCUT2D eigenvalue weighted by Gasteiger charge is -2.34. The van der Waals surface area contributed by atoms with Crippen LogP contribution in [0, 0.1) is 6.92 Å². The Hall–Kier alpha value is -2.81. The zero-order valence-electron chi connectivity index (χ0n) is 22.7. The number of amides is 3. The molecule has 0 radical (unpaired) electrons. The van der Waals surface area contributed by atoms with Crippen molar-refractivity contribution in [1.29, 1.82) is 0 Å². The first-order valence-corrected chi connectivity index (χ1v) is 12.9. The monoisotopic (exact) mass is 507 g/mol. The first kappa shape index (κ1) is 31.2. The molecule has 9 heteroatoms. The van der Waals surface area contributed by atoms with Crippen LogP contribution in [0.2, 0.25) is 0 Å². The number of para-hydroxylation sites is 1. The van der Waals surface area contributed by atoms with Crippen molar-refractivity contribution in [3.8, 4) is 5.75 Å². The number of nitrogens with zero attached hydrogens (tertiary/aromatic N) is 1. The first-order chi connectivity index (χ1) is 17.0. The molecule has 204 valence electrons. The van der Waals surface area contributed by atoms with Crippen LogP contribution >= 0.6 is 0 Å². The van der Waals surface area contributed by atoms with E-state index in [4.69, 9.17) is 4.74 Å². The lowest BCUT2D eigenvalue weighted by Crippen LogP contribution is -2.54. The molecule has 0 fully saturated rings. The second-order valence-electron chi connectivity index (χ2n) is 10.0. The molecule has 1 aromatic rings. The van der Waals surface area contributed by atoms with Gasteiger partial charge in [0.25, 0.3) is 0 Å². The Kier molecular flexibility index (Phi) is 13.3. The van der Waals surface area contributed by atoms with Gasteiger partial charge in [-0.3, -0.25) is 9.59 Å². The van der Waals surface area contributed by atoms with Crippen molar-refractivity contribution in [2.45, 2.75) is 97.8 Å². The van der Waals surface area contributed by atoms with Gasteiger partial charge in [0, 0.05) is 18.7 Å². The average molecular weight is 508 g/mol. The molecule has 1 aromatic carbocycles. The van der Waals surface area contributed by atoms with Gasteiger partial charge in [-0.1, -0.05) is 57.7 Å².